The van der Waals surface area contributed by atoms with Crippen LogP contribution < -0.4 is 5.32 Å². The summed E-state index contributed by atoms with van der Waals surface area (Å²) in [5, 5.41) is 3.09. The van der Waals surface area contributed by atoms with Crippen LogP contribution >= 0.6 is 15.9 Å². The van der Waals surface area contributed by atoms with Gasteiger partial charge in [0.25, 0.3) is 0 Å². The molecule has 5 heteroatoms. The van der Waals surface area contributed by atoms with Crippen LogP contribution in [-0.2, 0) is 9.53 Å². The summed E-state index contributed by atoms with van der Waals surface area (Å²) in [5.74, 6) is -0.722. The second kappa shape index (κ2) is 7.22. The van der Waals surface area contributed by atoms with Crippen LogP contribution in [0.25, 0.3) is 0 Å². The fraction of sp³-hybridized carbons (Fsp3) is 0.188. The third kappa shape index (κ3) is 4.04. The topological polar surface area (TPSA) is 38.3 Å². The maximum atomic E-state index is 13.1. The molecule has 0 aromatic heterocycles. The number of ether oxygens (including phenoxy) is 1. The molecule has 1 unspecified atom stereocenters. The van der Waals surface area contributed by atoms with E-state index in [4.69, 9.17) is 4.74 Å². The summed E-state index contributed by atoms with van der Waals surface area (Å²) >= 11 is 3.28. The van der Waals surface area contributed by atoms with Gasteiger partial charge in [0, 0.05) is 10.2 Å². The van der Waals surface area contributed by atoms with Crippen molar-refractivity contribution in [3.63, 3.8) is 0 Å². The molecule has 0 saturated carbocycles. The van der Waals surface area contributed by atoms with Crippen molar-refractivity contribution < 1.29 is 13.9 Å². The molecule has 21 heavy (non-hydrogen) atoms. The van der Waals surface area contributed by atoms with Crippen molar-refractivity contribution in [1.82, 2.24) is 0 Å². The highest BCUT2D eigenvalue weighted by Crippen LogP contribution is 2.28. The molecule has 0 radical (unpaired) electrons. The molecule has 0 saturated heterocycles. The van der Waals surface area contributed by atoms with E-state index in [9.17, 15) is 9.18 Å². The lowest BCUT2D eigenvalue weighted by Gasteiger charge is -2.19. The zero-order valence-electron chi connectivity index (χ0n) is 11.5. The number of anilines is 1. The maximum Gasteiger partial charge on any atom is 0.333 e. The van der Waals surface area contributed by atoms with Crippen molar-refractivity contribution in [2.24, 2.45) is 0 Å². The lowest BCUT2D eigenvalue weighted by molar-refractivity contribution is -0.144. The van der Waals surface area contributed by atoms with Crippen LogP contribution in [0.2, 0.25) is 0 Å². The van der Waals surface area contributed by atoms with Gasteiger partial charge in [0.05, 0.1) is 6.61 Å². The Kier molecular flexibility index (Phi) is 5.33. The monoisotopic (exact) mass is 351 g/mol. The molecule has 0 fully saturated rings. The molecule has 0 amide bonds. The Balaban J connectivity index is 2.30. The highest BCUT2D eigenvalue weighted by molar-refractivity contribution is 9.10. The Morgan fingerprint density at radius 1 is 1.29 bits per heavy atom. The van der Waals surface area contributed by atoms with E-state index in [0.717, 1.165) is 5.56 Å². The molecule has 0 bridgehead atoms. The summed E-state index contributed by atoms with van der Waals surface area (Å²) in [7, 11) is 0. The minimum atomic E-state index is -0.645. The molecule has 1 N–H and O–H groups in total. The van der Waals surface area contributed by atoms with Gasteiger partial charge in [0.1, 0.15) is 5.82 Å². The standard InChI is InChI=1S/C16H15BrFNO2/c1-2-21-16(20)15(11-6-4-3-5-7-11)19-14-9-8-12(18)10-13(14)17/h3-10,15,19H,2H2,1H3. The van der Waals surface area contributed by atoms with E-state index >= 15 is 0 Å². The van der Waals surface area contributed by atoms with Gasteiger partial charge in [-0.25, -0.2) is 9.18 Å². The van der Waals surface area contributed by atoms with Crippen LogP contribution in [0.3, 0.4) is 0 Å². The minimum Gasteiger partial charge on any atom is -0.464 e. The number of hydrogen-bond acceptors (Lipinski definition) is 3. The second-order valence-corrected chi connectivity index (χ2v) is 5.22. The summed E-state index contributed by atoms with van der Waals surface area (Å²) in [4.78, 5) is 12.2. The third-order valence-electron chi connectivity index (χ3n) is 2.89. The van der Waals surface area contributed by atoms with Crippen LogP contribution in [-0.4, -0.2) is 12.6 Å². The van der Waals surface area contributed by atoms with Gasteiger partial charge >= 0.3 is 5.97 Å². The highest BCUT2D eigenvalue weighted by atomic mass is 79.9. The molecule has 3 nitrogen and oxygen atoms in total. The number of benzene rings is 2. The summed E-state index contributed by atoms with van der Waals surface area (Å²) in [6, 6.07) is 12.9. The molecule has 2 rings (SSSR count). The number of nitrogens with one attached hydrogen (secondary N) is 1. The highest BCUT2D eigenvalue weighted by Gasteiger charge is 2.22. The Morgan fingerprint density at radius 3 is 2.62 bits per heavy atom. The lowest BCUT2D eigenvalue weighted by atomic mass is 10.1. The first-order chi connectivity index (χ1) is 10.1. The Bertz CT molecular complexity index is 619. The molecule has 0 aliphatic rings. The maximum absolute atomic E-state index is 13.1. The van der Waals surface area contributed by atoms with Crippen LogP contribution in [0.15, 0.2) is 53.0 Å². The van der Waals surface area contributed by atoms with E-state index in [1.54, 1.807) is 13.0 Å². The summed E-state index contributed by atoms with van der Waals surface area (Å²) in [6.07, 6.45) is 0. The van der Waals surface area contributed by atoms with E-state index in [1.807, 2.05) is 30.3 Å². The van der Waals surface area contributed by atoms with Gasteiger partial charge in [0.2, 0.25) is 0 Å². The average Bonchev–Trinajstić information content (AvgIpc) is 2.47. The van der Waals surface area contributed by atoms with E-state index in [1.165, 1.54) is 12.1 Å². The van der Waals surface area contributed by atoms with E-state index in [-0.39, 0.29) is 11.8 Å². The average molecular weight is 352 g/mol. The molecule has 2 aromatic rings. The van der Waals surface area contributed by atoms with Gasteiger partial charge < -0.3 is 10.1 Å². The minimum absolute atomic E-state index is 0.300. The van der Waals surface area contributed by atoms with Crippen molar-refractivity contribution >= 4 is 27.6 Å². The summed E-state index contributed by atoms with van der Waals surface area (Å²) < 4.78 is 18.8. The quantitative estimate of drug-likeness (QED) is 0.816. The Morgan fingerprint density at radius 2 is 2.00 bits per heavy atom. The number of carbonyl (C=O) groups is 1. The first-order valence-corrected chi connectivity index (χ1v) is 7.34. The van der Waals surface area contributed by atoms with Crippen LogP contribution in [0.4, 0.5) is 10.1 Å². The molecular weight excluding hydrogens is 337 g/mol. The fourth-order valence-electron chi connectivity index (χ4n) is 1.91. The fourth-order valence-corrected chi connectivity index (χ4v) is 2.38. The largest absolute Gasteiger partial charge is 0.464 e. The SMILES string of the molecule is CCOC(=O)C(Nc1ccc(F)cc1Br)c1ccccc1. The molecule has 2 aromatic carbocycles. The molecule has 110 valence electrons. The van der Waals surface area contributed by atoms with Crippen molar-refractivity contribution in [1.29, 1.82) is 0 Å². The second-order valence-electron chi connectivity index (χ2n) is 4.36. The van der Waals surface area contributed by atoms with Crippen LogP contribution in [0.1, 0.15) is 18.5 Å². The first kappa shape index (κ1) is 15.5. The molecule has 0 aliphatic heterocycles. The van der Waals surface area contributed by atoms with E-state index in [2.05, 4.69) is 21.2 Å². The number of halogens is 2. The lowest BCUT2D eigenvalue weighted by Crippen LogP contribution is -2.23. The van der Waals surface area contributed by atoms with Crippen LogP contribution in [0, 0.1) is 5.82 Å². The number of hydrogen-bond donors (Lipinski definition) is 1. The Hall–Kier alpha value is -1.88. The van der Waals surface area contributed by atoms with Crippen molar-refractivity contribution in [3.05, 3.63) is 64.4 Å². The number of carbonyl (C=O) groups excluding carboxylic acids is 1. The predicted octanol–water partition coefficient (Wildman–Crippen LogP) is 4.30. The van der Waals surface area contributed by atoms with Crippen LogP contribution in [0.5, 0.6) is 0 Å². The number of rotatable bonds is 5. The van der Waals surface area contributed by atoms with E-state index < -0.39 is 6.04 Å². The molecule has 0 spiro atoms. The summed E-state index contributed by atoms with van der Waals surface area (Å²) in [5.41, 5.74) is 1.41. The van der Waals surface area contributed by atoms with Gasteiger partial charge in [-0.3, -0.25) is 0 Å². The van der Waals surface area contributed by atoms with Gasteiger partial charge in [-0.1, -0.05) is 30.3 Å². The van der Waals surface area contributed by atoms with Gasteiger partial charge in [-0.05, 0) is 46.6 Å². The molecule has 0 aliphatic carbocycles. The molecular formula is C16H15BrFNO2. The van der Waals surface area contributed by atoms with E-state index in [0.29, 0.717) is 16.8 Å². The molecule has 0 heterocycles. The predicted molar refractivity (Wildman–Crippen MR) is 83.5 cm³/mol. The summed E-state index contributed by atoms with van der Waals surface area (Å²) in [6.45, 7) is 2.06. The smallest absolute Gasteiger partial charge is 0.333 e. The zero-order valence-corrected chi connectivity index (χ0v) is 13.1. The first-order valence-electron chi connectivity index (χ1n) is 6.55. The number of esters is 1. The normalized spacial score (nSPS) is 11.8. The molecule has 1 atom stereocenters. The third-order valence-corrected chi connectivity index (χ3v) is 3.54. The van der Waals surface area contributed by atoms with Crippen molar-refractivity contribution in [2.45, 2.75) is 13.0 Å². The van der Waals surface area contributed by atoms with Gasteiger partial charge in [-0.15, -0.1) is 0 Å². The van der Waals surface area contributed by atoms with Gasteiger partial charge in [-0.2, -0.15) is 0 Å². The Labute approximate surface area is 131 Å². The van der Waals surface area contributed by atoms with Crippen molar-refractivity contribution in [2.75, 3.05) is 11.9 Å². The zero-order chi connectivity index (χ0) is 15.2. The van der Waals surface area contributed by atoms with Crippen molar-refractivity contribution in [3.8, 4) is 0 Å². The van der Waals surface area contributed by atoms with Gasteiger partial charge in [0.15, 0.2) is 6.04 Å².